The van der Waals surface area contributed by atoms with Gasteiger partial charge in [0, 0.05) is 37.6 Å². The lowest BCUT2D eigenvalue weighted by molar-refractivity contribution is -0.121. The molecule has 0 aliphatic carbocycles. The Bertz CT molecular complexity index is 1030. The van der Waals surface area contributed by atoms with Crippen LogP contribution in [0.5, 0.6) is 0 Å². The quantitative estimate of drug-likeness (QED) is 0.606. The largest absolute Gasteiger partial charge is 0.352 e. The first-order valence-electron chi connectivity index (χ1n) is 9.27. The maximum atomic E-state index is 12.9. The second kappa shape index (κ2) is 9.21. The number of thiophene rings is 1. The molecule has 0 aliphatic heterocycles. The fourth-order valence-electron chi connectivity index (χ4n) is 3.03. The Hall–Kier alpha value is -2.38. The van der Waals surface area contributed by atoms with Crippen molar-refractivity contribution in [2.24, 2.45) is 0 Å². The van der Waals surface area contributed by atoms with Crippen LogP contribution in [-0.2, 0) is 17.9 Å². The molecule has 0 bridgehead atoms. The SMILES string of the molecule is CCN(CC)c1nc2ccsc2c(=O)n1CCC(=O)NCc1cccc(Cl)c1. The first-order valence-corrected chi connectivity index (χ1v) is 10.5. The normalized spacial score (nSPS) is 11.0. The van der Waals surface area contributed by atoms with Crippen LogP contribution < -0.4 is 15.8 Å². The highest BCUT2D eigenvalue weighted by Crippen LogP contribution is 2.19. The van der Waals surface area contributed by atoms with E-state index in [0.29, 0.717) is 27.7 Å². The predicted molar refractivity (Wildman–Crippen MR) is 115 cm³/mol. The van der Waals surface area contributed by atoms with Crippen LogP contribution >= 0.6 is 22.9 Å². The van der Waals surface area contributed by atoms with Gasteiger partial charge in [-0.1, -0.05) is 23.7 Å². The smallest absolute Gasteiger partial charge is 0.272 e. The van der Waals surface area contributed by atoms with Gasteiger partial charge in [0.25, 0.3) is 5.56 Å². The molecule has 3 rings (SSSR count). The third kappa shape index (κ3) is 4.54. The first-order chi connectivity index (χ1) is 13.5. The number of amides is 1. The molecule has 28 heavy (non-hydrogen) atoms. The summed E-state index contributed by atoms with van der Waals surface area (Å²) in [6, 6.07) is 9.23. The van der Waals surface area contributed by atoms with E-state index >= 15 is 0 Å². The molecule has 2 aromatic heterocycles. The van der Waals surface area contributed by atoms with E-state index in [9.17, 15) is 9.59 Å². The van der Waals surface area contributed by atoms with E-state index < -0.39 is 0 Å². The summed E-state index contributed by atoms with van der Waals surface area (Å²) in [4.78, 5) is 32.0. The maximum Gasteiger partial charge on any atom is 0.272 e. The third-order valence-electron chi connectivity index (χ3n) is 4.53. The molecule has 0 spiro atoms. The van der Waals surface area contributed by atoms with Crippen LogP contribution in [0.25, 0.3) is 10.2 Å². The minimum absolute atomic E-state index is 0.0930. The fraction of sp³-hybridized carbons (Fsp3) is 0.350. The van der Waals surface area contributed by atoms with Gasteiger partial charge in [0.05, 0.1) is 5.52 Å². The van der Waals surface area contributed by atoms with Gasteiger partial charge in [0.2, 0.25) is 11.9 Å². The number of hydrogen-bond donors (Lipinski definition) is 1. The lowest BCUT2D eigenvalue weighted by atomic mass is 10.2. The molecule has 1 aromatic carbocycles. The summed E-state index contributed by atoms with van der Waals surface area (Å²) >= 11 is 7.35. The Morgan fingerprint density at radius 1 is 1.29 bits per heavy atom. The summed E-state index contributed by atoms with van der Waals surface area (Å²) in [5.74, 6) is 0.493. The molecular formula is C20H23ClN4O2S. The minimum atomic E-state index is -0.122. The van der Waals surface area contributed by atoms with Gasteiger partial charge in [0.15, 0.2) is 0 Å². The highest BCUT2D eigenvalue weighted by Gasteiger charge is 2.16. The van der Waals surface area contributed by atoms with Crippen molar-refractivity contribution >= 4 is 45.0 Å². The summed E-state index contributed by atoms with van der Waals surface area (Å²) in [6.45, 7) is 6.20. The van der Waals surface area contributed by atoms with Gasteiger partial charge < -0.3 is 10.2 Å². The highest BCUT2D eigenvalue weighted by molar-refractivity contribution is 7.17. The van der Waals surface area contributed by atoms with E-state index in [1.165, 1.54) is 11.3 Å². The molecule has 1 N–H and O–H groups in total. The van der Waals surface area contributed by atoms with Crippen molar-refractivity contribution in [3.8, 4) is 0 Å². The van der Waals surface area contributed by atoms with E-state index in [4.69, 9.17) is 11.6 Å². The van der Waals surface area contributed by atoms with Crippen molar-refractivity contribution in [3.63, 3.8) is 0 Å². The molecule has 1 amide bonds. The van der Waals surface area contributed by atoms with Crippen LogP contribution in [0.15, 0.2) is 40.5 Å². The number of carbonyl (C=O) groups is 1. The number of nitrogens with one attached hydrogen (secondary N) is 1. The molecule has 6 nitrogen and oxygen atoms in total. The first kappa shape index (κ1) is 20.4. The molecular weight excluding hydrogens is 396 g/mol. The van der Waals surface area contributed by atoms with Gasteiger partial charge in [-0.15, -0.1) is 11.3 Å². The minimum Gasteiger partial charge on any atom is -0.352 e. The summed E-state index contributed by atoms with van der Waals surface area (Å²) < 4.78 is 2.24. The zero-order valence-corrected chi connectivity index (χ0v) is 17.5. The molecule has 8 heteroatoms. The summed E-state index contributed by atoms with van der Waals surface area (Å²) in [5.41, 5.74) is 1.55. The number of nitrogens with zero attached hydrogens (tertiary/aromatic N) is 3. The fourth-order valence-corrected chi connectivity index (χ4v) is 4.02. The predicted octanol–water partition coefficient (Wildman–Crippen LogP) is 3.66. The zero-order valence-electron chi connectivity index (χ0n) is 15.9. The summed E-state index contributed by atoms with van der Waals surface area (Å²) in [5, 5.41) is 5.39. The molecule has 0 saturated carbocycles. The average Bonchev–Trinajstić information content (AvgIpc) is 3.16. The van der Waals surface area contributed by atoms with E-state index in [-0.39, 0.29) is 24.4 Å². The molecule has 0 atom stereocenters. The lowest BCUT2D eigenvalue weighted by Crippen LogP contribution is -2.34. The van der Waals surface area contributed by atoms with E-state index in [1.807, 2.05) is 48.4 Å². The van der Waals surface area contributed by atoms with E-state index in [2.05, 4.69) is 10.3 Å². The van der Waals surface area contributed by atoms with Crippen molar-refractivity contribution in [2.75, 3.05) is 18.0 Å². The average molecular weight is 419 g/mol. The molecule has 0 radical (unpaired) electrons. The van der Waals surface area contributed by atoms with Crippen molar-refractivity contribution in [2.45, 2.75) is 33.4 Å². The van der Waals surface area contributed by atoms with Crippen molar-refractivity contribution < 1.29 is 4.79 Å². The molecule has 148 valence electrons. The maximum absolute atomic E-state index is 12.9. The van der Waals surface area contributed by atoms with Crippen LogP contribution in [0.2, 0.25) is 5.02 Å². The Balaban J connectivity index is 1.75. The third-order valence-corrected chi connectivity index (χ3v) is 5.66. The molecule has 0 fully saturated rings. The molecule has 2 heterocycles. The number of fused-ring (bicyclic) bond motifs is 1. The standard InChI is InChI=1S/C20H23ClN4O2S/c1-3-24(4-2)20-23-16-9-11-28-18(16)19(27)25(20)10-8-17(26)22-13-14-6-5-7-15(21)12-14/h5-7,9,11-12H,3-4,8,10,13H2,1-2H3,(H,22,26). The van der Waals surface area contributed by atoms with Crippen LogP contribution in [0.4, 0.5) is 5.95 Å². The van der Waals surface area contributed by atoms with Gasteiger partial charge in [-0.25, -0.2) is 4.98 Å². The number of rotatable bonds is 8. The molecule has 0 unspecified atom stereocenters. The number of hydrogen-bond acceptors (Lipinski definition) is 5. The van der Waals surface area contributed by atoms with Gasteiger partial charge in [-0.3, -0.25) is 14.2 Å². The van der Waals surface area contributed by atoms with Gasteiger partial charge in [-0.2, -0.15) is 0 Å². The number of halogens is 1. The van der Waals surface area contributed by atoms with Gasteiger partial charge in [0.1, 0.15) is 4.70 Å². The topological polar surface area (TPSA) is 67.2 Å². The van der Waals surface area contributed by atoms with E-state index in [0.717, 1.165) is 18.7 Å². The Morgan fingerprint density at radius 2 is 2.07 bits per heavy atom. The number of aromatic nitrogens is 2. The lowest BCUT2D eigenvalue weighted by Gasteiger charge is -2.23. The molecule has 0 saturated heterocycles. The second-order valence-corrected chi connectivity index (χ2v) is 7.69. The number of benzene rings is 1. The van der Waals surface area contributed by atoms with Crippen molar-refractivity contribution in [1.29, 1.82) is 0 Å². The second-order valence-electron chi connectivity index (χ2n) is 6.33. The Kier molecular flexibility index (Phi) is 6.70. The van der Waals surface area contributed by atoms with Gasteiger partial charge >= 0.3 is 0 Å². The van der Waals surface area contributed by atoms with Crippen LogP contribution in [0.3, 0.4) is 0 Å². The zero-order chi connectivity index (χ0) is 20.1. The highest BCUT2D eigenvalue weighted by atomic mass is 35.5. The molecule has 0 aliphatic rings. The van der Waals surface area contributed by atoms with Crippen LogP contribution in [-0.4, -0.2) is 28.5 Å². The van der Waals surface area contributed by atoms with Crippen molar-refractivity contribution in [1.82, 2.24) is 14.9 Å². The number of carbonyl (C=O) groups excluding carboxylic acids is 1. The Morgan fingerprint density at radius 3 is 2.79 bits per heavy atom. The Labute approximate surface area is 172 Å². The van der Waals surface area contributed by atoms with Gasteiger partial charge in [-0.05, 0) is 43.0 Å². The summed E-state index contributed by atoms with van der Waals surface area (Å²) in [6.07, 6.45) is 0.202. The van der Waals surface area contributed by atoms with Crippen LogP contribution in [0.1, 0.15) is 25.8 Å². The summed E-state index contributed by atoms with van der Waals surface area (Å²) in [7, 11) is 0. The van der Waals surface area contributed by atoms with Crippen molar-refractivity contribution in [3.05, 3.63) is 56.7 Å². The monoisotopic (exact) mass is 418 g/mol. The number of anilines is 1. The molecule has 3 aromatic rings. The van der Waals surface area contributed by atoms with E-state index in [1.54, 1.807) is 10.6 Å². The van der Waals surface area contributed by atoms with Crippen LogP contribution in [0, 0.1) is 0 Å².